The summed E-state index contributed by atoms with van der Waals surface area (Å²) in [5, 5.41) is 39.9. The number of carbonyl (C=O) groups excluding carboxylic acids is 1. The maximum atomic E-state index is 11.3. The third-order valence-electron chi connectivity index (χ3n) is 2.62. The van der Waals surface area contributed by atoms with Crippen LogP contribution in [0.25, 0.3) is 0 Å². The van der Waals surface area contributed by atoms with Crippen molar-refractivity contribution in [3.05, 3.63) is 0 Å². The van der Waals surface area contributed by atoms with Crippen LogP contribution in [0.5, 0.6) is 0 Å². The first-order chi connectivity index (χ1) is 7.88. The van der Waals surface area contributed by atoms with Crippen LogP contribution in [0.1, 0.15) is 6.92 Å². The van der Waals surface area contributed by atoms with Gasteiger partial charge >= 0.3 is 0 Å². The lowest BCUT2D eigenvalue weighted by molar-refractivity contribution is -0.253. The van der Waals surface area contributed by atoms with Crippen LogP contribution < -0.4 is 11.1 Å². The van der Waals surface area contributed by atoms with E-state index in [1.807, 2.05) is 0 Å². The standard InChI is InChI=1S/C9H18N2O6/c1-3(10)8(15)11-5-7(14)6(13)4(2-12)17-9(5)16/h3-7,9,12-14,16H,2,10H2,1H3,(H,11,15)/t3-,4?,5?,6+,7?,9+/m0/s1. The molecule has 17 heavy (non-hydrogen) atoms. The zero-order chi connectivity index (χ0) is 13.2. The normalized spacial score (nSPS) is 39.8. The lowest BCUT2D eigenvalue weighted by atomic mass is 9.97. The number of nitrogens with two attached hydrogens (primary N) is 1. The van der Waals surface area contributed by atoms with E-state index >= 15 is 0 Å². The van der Waals surface area contributed by atoms with E-state index in [1.54, 1.807) is 0 Å². The van der Waals surface area contributed by atoms with Gasteiger partial charge in [0.15, 0.2) is 6.29 Å². The van der Waals surface area contributed by atoms with E-state index in [1.165, 1.54) is 6.92 Å². The number of rotatable bonds is 3. The number of hydrogen-bond donors (Lipinski definition) is 6. The Morgan fingerprint density at radius 2 is 2.00 bits per heavy atom. The van der Waals surface area contributed by atoms with Crippen molar-refractivity contribution in [2.75, 3.05) is 6.61 Å². The summed E-state index contributed by atoms with van der Waals surface area (Å²) in [6, 6.07) is -2.01. The number of nitrogens with one attached hydrogen (secondary N) is 1. The molecule has 0 aromatic heterocycles. The van der Waals surface area contributed by atoms with E-state index in [2.05, 4.69) is 5.32 Å². The van der Waals surface area contributed by atoms with Gasteiger partial charge in [-0.3, -0.25) is 4.79 Å². The molecule has 0 saturated carbocycles. The maximum Gasteiger partial charge on any atom is 0.237 e. The predicted molar refractivity (Wildman–Crippen MR) is 55.6 cm³/mol. The van der Waals surface area contributed by atoms with Crippen LogP contribution in [0.2, 0.25) is 0 Å². The van der Waals surface area contributed by atoms with Crippen molar-refractivity contribution < 1.29 is 30.0 Å². The van der Waals surface area contributed by atoms with Gasteiger partial charge in [-0.05, 0) is 6.92 Å². The lowest BCUT2D eigenvalue weighted by Crippen LogP contribution is -2.65. The largest absolute Gasteiger partial charge is 0.394 e. The number of hydrogen-bond acceptors (Lipinski definition) is 7. The number of aliphatic hydroxyl groups excluding tert-OH is 4. The smallest absolute Gasteiger partial charge is 0.237 e. The highest BCUT2D eigenvalue weighted by Crippen LogP contribution is 2.19. The fraction of sp³-hybridized carbons (Fsp3) is 0.889. The first kappa shape index (κ1) is 14.3. The van der Waals surface area contributed by atoms with Gasteiger partial charge in [-0.1, -0.05) is 0 Å². The third kappa shape index (κ3) is 3.12. The Morgan fingerprint density at radius 3 is 2.47 bits per heavy atom. The van der Waals surface area contributed by atoms with Gasteiger partial charge in [-0.15, -0.1) is 0 Å². The van der Waals surface area contributed by atoms with Crippen LogP contribution in [0.4, 0.5) is 0 Å². The SMILES string of the molecule is C[C@H](N)C(=O)NC1C(O)[C@H](O)C(CO)O[C@H]1O. The Hall–Kier alpha value is -0.770. The summed E-state index contributed by atoms with van der Waals surface area (Å²) in [7, 11) is 0. The number of amides is 1. The summed E-state index contributed by atoms with van der Waals surface area (Å²) in [5.41, 5.74) is 5.31. The molecule has 7 N–H and O–H groups in total. The Bertz CT molecular complexity index is 274. The van der Waals surface area contributed by atoms with E-state index in [0.717, 1.165) is 0 Å². The van der Waals surface area contributed by atoms with Crippen LogP contribution >= 0.6 is 0 Å². The van der Waals surface area contributed by atoms with Gasteiger partial charge in [0.05, 0.1) is 12.6 Å². The molecule has 3 unspecified atom stereocenters. The van der Waals surface area contributed by atoms with Gasteiger partial charge in [0, 0.05) is 0 Å². The van der Waals surface area contributed by atoms with Crippen molar-refractivity contribution in [2.45, 2.75) is 43.6 Å². The third-order valence-corrected chi connectivity index (χ3v) is 2.62. The van der Waals surface area contributed by atoms with Gasteiger partial charge in [-0.25, -0.2) is 0 Å². The molecule has 1 saturated heterocycles. The van der Waals surface area contributed by atoms with Crippen LogP contribution in [0, 0.1) is 0 Å². The van der Waals surface area contributed by atoms with Crippen molar-refractivity contribution in [2.24, 2.45) is 5.73 Å². The van der Waals surface area contributed by atoms with Gasteiger partial charge < -0.3 is 36.2 Å². The fourth-order valence-corrected chi connectivity index (χ4v) is 1.55. The summed E-state index contributed by atoms with van der Waals surface area (Å²) in [6.07, 6.45) is -5.46. The molecule has 100 valence electrons. The predicted octanol–water partition coefficient (Wildman–Crippen LogP) is -3.75. The van der Waals surface area contributed by atoms with E-state index in [4.69, 9.17) is 15.6 Å². The fourth-order valence-electron chi connectivity index (χ4n) is 1.55. The van der Waals surface area contributed by atoms with Crippen molar-refractivity contribution in [3.63, 3.8) is 0 Å². The molecule has 1 fully saturated rings. The molecular formula is C9H18N2O6. The van der Waals surface area contributed by atoms with Crippen LogP contribution in [-0.4, -0.2) is 69.6 Å². The number of carbonyl (C=O) groups is 1. The number of aliphatic hydroxyl groups is 4. The Morgan fingerprint density at radius 1 is 1.41 bits per heavy atom. The highest BCUT2D eigenvalue weighted by molar-refractivity contribution is 5.81. The molecule has 1 aliphatic rings. The van der Waals surface area contributed by atoms with E-state index in [-0.39, 0.29) is 0 Å². The van der Waals surface area contributed by atoms with Gasteiger partial charge in [0.2, 0.25) is 5.91 Å². The molecule has 0 aromatic carbocycles. The maximum absolute atomic E-state index is 11.3. The number of ether oxygens (including phenoxy) is 1. The second-order valence-electron chi connectivity index (χ2n) is 4.05. The molecule has 1 amide bonds. The zero-order valence-corrected chi connectivity index (χ0v) is 9.35. The summed E-state index contributed by atoms with van der Waals surface area (Å²) in [6.45, 7) is 0.883. The van der Waals surface area contributed by atoms with Crippen LogP contribution in [0.15, 0.2) is 0 Å². The Balaban J connectivity index is 2.69. The molecule has 1 aliphatic heterocycles. The van der Waals surface area contributed by atoms with Gasteiger partial charge in [-0.2, -0.15) is 0 Å². The van der Waals surface area contributed by atoms with E-state index in [9.17, 15) is 20.1 Å². The molecule has 0 aromatic rings. The topological polar surface area (TPSA) is 145 Å². The quantitative estimate of drug-likeness (QED) is 0.302. The Kier molecular flexibility index (Phi) is 4.80. The summed E-state index contributed by atoms with van der Waals surface area (Å²) in [5.74, 6) is -0.591. The average molecular weight is 250 g/mol. The van der Waals surface area contributed by atoms with Crippen LogP contribution in [-0.2, 0) is 9.53 Å². The van der Waals surface area contributed by atoms with Crippen molar-refractivity contribution in [3.8, 4) is 0 Å². The molecule has 8 heteroatoms. The first-order valence-corrected chi connectivity index (χ1v) is 5.25. The highest BCUT2D eigenvalue weighted by atomic mass is 16.6. The van der Waals surface area contributed by atoms with Gasteiger partial charge in [0.25, 0.3) is 0 Å². The Labute approximate surface area is 98.0 Å². The van der Waals surface area contributed by atoms with Crippen molar-refractivity contribution >= 4 is 5.91 Å². The molecule has 0 radical (unpaired) electrons. The molecule has 0 spiro atoms. The molecule has 1 rings (SSSR count). The lowest BCUT2D eigenvalue weighted by Gasteiger charge is -2.40. The monoisotopic (exact) mass is 250 g/mol. The molecular weight excluding hydrogens is 232 g/mol. The molecule has 1 heterocycles. The minimum atomic E-state index is -1.52. The van der Waals surface area contributed by atoms with Crippen molar-refractivity contribution in [1.29, 1.82) is 0 Å². The molecule has 0 bridgehead atoms. The van der Waals surface area contributed by atoms with E-state index in [0.29, 0.717) is 0 Å². The summed E-state index contributed by atoms with van der Waals surface area (Å²) < 4.78 is 4.85. The summed E-state index contributed by atoms with van der Waals surface area (Å²) in [4.78, 5) is 11.3. The average Bonchev–Trinajstić information content (AvgIpc) is 2.28. The van der Waals surface area contributed by atoms with E-state index < -0.39 is 49.2 Å². The second kappa shape index (κ2) is 5.71. The van der Waals surface area contributed by atoms with Crippen molar-refractivity contribution in [1.82, 2.24) is 5.32 Å². The molecule has 8 nitrogen and oxygen atoms in total. The first-order valence-electron chi connectivity index (χ1n) is 5.25. The molecule has 0 aliphatic carbocycles. The minimum Gasteiger partial charge on any atom is -0.394 e. The van der Waals surface area contributed by atoms with Crippen LogP contribution in [0.3, 0.4) is 0 Å². The zero-order valence-electron chi connectivity index (χ0n) is 9.35. The minimum absolute atomic E-state index is 0.552. The molecule has 6 atom stereocenters. The summed E-state index contributed by atoms with van der Waals surface area (Å²) >= 11 is 0. The highest BCUT2D eigenvalue weighted by Gasteiger charge is 2.44. The second-order valence-corrected chi connectivity index (χ2v) is 4.05. The van der Waals surface area contributed by atoms with Gasteiger partial charge in [0.1, 0.15) is 24.4 Å².